The predicted molar refractivity (Wildman–Crippen MR) is 65.1 cm³/mol. The molecule has 0 aliphatic carbocycles. The van der Waals surface area contributed by atoms with Gasteiger partial charge < -0.3 is 10.0 Å². The van der Waals surface area contributed by atoms with E-state index in [2.05, 4.69) is 13.8 Å². The van der Waals surface area contributed by atoms with E-state index in [0.717, 1.165) is 12.8 Å². The molecule has 1 N–H and O–H groups in total. The van der Waals surface area contributed by atoms with Crippen LogP contribution in [0.1, 0.15) is 53.4 Å². The molecule has 0 aromatic carbocycles. The van der Waals surface area contributed by atoms with Gasteiger partial charge in [-0.3, -0.25) is 4.79 Å². The molecule has 0 bridgehead atoms. The van der Waals surface area contributed by atoms with E-state index in [1.54, 1.807) is 0 Å². The number of hydrogen-bond donors (Lipinski definition) is 1. The molecule has 94 valence electrons. The maximum Gasteiger partial charge on any atom is 0.223 e. The Labute approximate surface area is 98.8 Å². The molecule has 0 spiro atoms. The number of carbonyl (C=O) groups excluding carboxylic acids is 1. The minimum absolute atomic E-state index is 0.196. The third kappa shape index (κ3) is 2.97. The van der Waals surface area contributed by atoms with Crippen LogP contribution in [-0.2, 0) is 4.79 Å². The van der Waals surface area contributed by atoms with Crippen molar-refractivity contribution in [1.29, 1.82) is 0 Å². The van der Waals surface area contributed by atoms with Crippen LogP contribution in [0.15, 0.2) is 0 Å². The van der Waals surface area contributed by atoms with Crippen LogP contribution in [0.3, 0.4) is 0 Å². The van der Waals surface area contributed by atoms with Gasteiger partial charge in [-0.25, -0.2) is 0 Å². The molecule has 0 saturated carbocycles. The van der Waals surface area contributed by atoms with E-state index in [9.17, 15) is 9.90 Å². The molecule has 0 aromatic rings. The second-order valence-electron chi connectivity index (χ2n) is 5.79. The third-order valence-corrected chi connectivity index (χ3v) is 3.61. The summed E-state index contributed by atoms with van der Waals surface area (Å²) in [6, 6.07) is 0. The van der Waals surface area contributed by atoms with Crippen molar-refractivity contribution < 1.29 is 9.90 Å². The molecule has 1 fully saturated rings. The van der Waals surface area contributed by atoms with E-state index in [-0.39, 0.29) is 17.6 Å². The molecule has 1 aliphatic rings. The largest absolute Gasteiger partial charge is 0.391 e. The van der Waals surface area contributed by atoms with Gasteiger partial charge in [0.05, 0.1) is 11.6 Å². The summed E-state index contributed by atoms with van der Waals surface area (Å²) in [4.78, 5) is 13.8. The standard InChI is InChI=1S/C13H25NO2/c1-10(2)6-5-7-12(16)14-9-8-11(15)13(14,3)4/h10-11,15H,5-9H2,1-4H3. The van der Waals surface area contributed by atoms with Crippen LogP contribution in [0.2, 0.25) is 0 Å². The van der Waals surface area contributed by atoms with Gasteiger partial charge in [-0.1, -0.05) is 20.3 Å². The van der Waals surface area contributed by atoms with E-state index in [0.29, 0.717) is 25.3 Å². The fourth-order valence-electron chi connectivity index (χ4n) is 2.32. The van der Waals surface area contributed by atoms with Crippen molar-refractivity contribution in [2.75, 3.05) is 6.54 Å². The van der Waals surface area contributed by atoms with Gasteiger partial charge >= 0.3 is 0 Å². The van der Waals surface area contributed by atoms with Crippen molar-refractivity contribution in [2.24, 2.45) is 5.92 Å². The fraction of sp³-hybridized carbons (Fsp3) is 0.923. The number of hydrogen-bond acceptors (Lipinski definition) is 2. The molecule has 0 radical (unpaired) electrons. The number of nitrogens with zero attached hydrogens (tertiary/aromatic N) is 1. The summed E-state index contributed by atoms with van der Waals surface area (Å²) in [7, 11) is 0. The predicted octanol–water partition coefficient (Wildman–Crippen LogP) is 2.18. The molecule has 1 amide bonds. The Balaban J connectivity index is 2.43. The van der Waals surface area contributed by atoms with Crippen molar-refractivity contribution >= 4 is 5.91 Å². The third-order valence-electron chi connectivity index (χ3n) is 3.61. The second kappa shape index (κ2) is 5.17. The van der Waals surface area contributed by atoms with Crippen molar-refractivity contribution in [1.82, 2.24) is 4.90 Å². The fourth-order valence-corrected chi connectivity index (χ4v) is 2.32. The topological polar surface area (TPSA) is 40.5 Å². The van der Waals surface area contributed by atoms with E-state index in [1.807, 2.05) is 18.7 Å². The van der Waals surface area contributed by atoms with Gasteiger partial charge in [0.25, 0.3) is 0 Å². The summed E-state index contributed by atoms with van der Waals surface area (Å²) in [6.45, 7) is 8.95. The van der Waals surface area contributed by atoms with Crippen molar-refractivity contribution in [3.05, 3.63) is 0 Å². The number of amides is 1. The van der Waals surface area contributed by atoms with Crippen LogP contribution in [0.25, 0.3) is 0 Å². The molecule has 16 heavy (non-hydrogen) atoms. The molecule has 1 unspecified atom stereocenters. The van der Waals surface area contributed by atoms with E-state index in [1.165, 1.54) is 0 Å². The Kier molecular flexibility index (Phi) is 4.36. The first-order valence-electron chi connectivity index (χ1n) is 6.34. The van der Waals surface area contributed by atoms with E-state index >= 15 is 0 Å². The highest BCUT2D eigenvalue weighted by molar-refractivity contribution is 5.77. The molecule has 3 heteroatoms. The van der Waals surface area contributed by atoms with Gasteiger partial charge in [-0.15, -0.1) is 0 Å². The smallest absolute Gasteiger partial charge is 0.223 e. The van der Waals surface area contributed by atoms with Gasteiger partial charge in [0.15, 0.2) is 0 Å². The quantitative estimate of drug-likeness (QED) is 0.799. The van der Waals surface area contributed by atoms with Crippen LogP contribution in [0, 0.1) is 5.92 Å². The zero-order valence-corrected chi connectivity index (χ0v) is 11.0. The highest BCUT2D eigenvalue weighted by atomic mass is 16.3. The Morgan fingerprint density at radius 3 is 2.56 bits per heavy atom. The van der Waals surface area contributed by atoms with E-state index in [4.69, 9.17) is 0 Å². The minimum atomic E-state index is -0.380. The molecular weight excluding hydrogens is 202 g/mol. The van der Waals surface area contributed by atoms with Crippen LogP contribution < -0.4 is 0 Å². The maximum atomic E-state index is 12.0. The minimum Gasteiger partial charge on any atom is -0.391 e. The second-order valence-corrected chi connectivity index (χ2v) is 5.79. The Bertz CT molecular complexity index is 248. The van der Waals surface area contributed by atoms with Crippen LogP contribution >= 0.6 is 0 Å². The van der Waals surface area contributed by atoms with Gasteiger partial charge in [-0.2, -0.15) is 0 Å². The van der Waals surface area contributed by atoms with Crippen molar-refractivity contribution in [3.63, 3.8) is 0 Å². The molecule has 0 aromatic heterocycles. The highest BCUT2D eigenvalue weighted by Crippen LogP contribution is 2.29. The summed E-state index contributed by atoms with van der Waals surface area (Å²) < 4.78 is 0. The zero-order chi connectivity index (χ0) is 12.3. The number of likely N-dealkylation sites (tertiary alicyclic amines) is 1. The molecule has 1 heterocycles. The highest BCUT2D eigenvalue weighted by Gasteiger charge is 2.42. The number of rotatable bonds is 4. The van der Waals surface area contributed by atoms with Gasteiger partial charge in [0, 0.05) is 13.0 Å². The molecule has 1 aliphatic heterocycles. The lowest BCUT2D eigenvalue weighted by molar-refractivity contribution is -0.136. The van der Waals surface area contributed by atoms with Crippen LogP contribution in [0.4, 0.5) is 0 Å². The van der Waals surface area contributed by atoms with Crippen molar-refractivity contribution in [3.8, 4) is 0 Å². The first-order chi connectivity index (χ1) is 7.35. The zero-order valence-electron chi connectivity index (χ0n) is 11.0. The maximum absolute atomic E-state index is 12.0. The normalized spacial score (nSPS) is 24.1. The first kappa shape index (κ1) is 13.5. The summed E-state index contributed by atoms with van der Waals surface area (Å²) >= 11 is 0. The first-order valence-corrected chi connectivity index (χ1v) is 6.34. The van der Waals surface area contributed by atoms with Crippen LogP contribution in [0.5, 0.6) is 0 Å². The van der Waals surface area contributed by atoms with Gasteiger partial charge in [-0.05, 0) is 32.6 Å². The average molecular weight is 227 g/mol. The lowest BCUT2D eigenvalue weighted by Crippen LogP contribution is -2.48. The van der Waals surface area contributed by atoms with Crippen LogP contribution in [-0.4, -0.2) is 34.1 Å². The Hall–Kier alpha value is -0.570. The monoisotopic (exact) mass is 227 g/mol. The molecule has 3 nitrogen and oxygen atoms in total. The molecule has 1 saturated heterocycles. The van der Waals surface area contributed by atoms with Gasteiger partial charge in [0.2, 0.25) is 5.91 Å². The lowest BCUT2D eigenvalue weighted by atomic mass is 9.98. The summed E-state index contributed by atoms with van der Waals surface area (Å²) in [5.74, 6) is 0.854. The Morgan fingerprint density at radius 1 is 1.50 bits per heavy atom. The Morgan fingerprint density at radius 2 is 2.12 bits per heavy atom. The average Bonchev–Trinajstić information content (AvgIpc) is 2.41. The van der Waals surface area contributed by atoms with Crippen molar-refractivity contribution in [2.45, 2.75) is 65.0 Å². The van der Waals surface area contributed by atoms with E-state index < -0.39 is 0 Å². The molecular formula is C13H25NO2. The molecule has 1 atom stereocenters. The van der Waals surface area contributed by atoms with Gasteiger partial charge in [0.1, 0.15) is 0 Å². The summed E-state index contributed by atoms with van der Waals surface area (Å²) in [5, 5.41) is 9.80. The SMILES string of the molecule is CC(C)CCCC(=O)N1CCC(O)C1(C)C. The number of aliphatic hydroxyl groups is 1. The molecule has 1 rings (SSSR count). The number of aliphatic hydroxyl groups excluding tert-OH is 1. The lowest BCUT2D eigenvalue weighted by Gasteiger charge is -2.34. The summed E-state index contributed by atoms with van der Waals surface area (Å²) in [6.07, 6.45) is 3.01. The summed E-state index contributed by atoms with van der Waals surface area (Å²) in [5.41, 5.74) is -0.380. The number of carbonyl (C=O) groups is 1.